The molecule has 1 aliphatic heterocycles. The van der Waals surface area contributed by atoms with E-state index in [0.29, 0.717) is 19.6 Å². The molecule has 0 radical (unpaired) electrons. The van der Waals surface area contributed by atoms with E-state index in [4.69, 9.17) is 14.7 Å². The van der Waals surface area contributed by atoms with Crippen LogP contribution in [0.1, 0.15) is 38.3 Å². The van der Waals surface area contributed by atoms with E-state index < -0.39 is 0 Å². The summed E-state index contributed by atoms with van der Waals surface area (Å²) in [5.74, 6) is 0.906. The SMILES string of the molecule is COc1ccc(C2(CC#N)COC2)cc1C(C)(C)C. The van der Waals surface area contributed by atoms with Crippen LogP contribution in [-0.2, 0) is 15.6 Å². The van der Waals surface area contributed by atoms with Crippen LogP contribution in [0.3, 0.4) is 0 Å². The van der Waals surface area contributed by atoms with Crippen molar-refractivity contribution in [3.63, 3.8) is 0 Å². The first-order valence-electron chi connectivity index (χ1n) is 6.57. The van der Waals surface area contributed by atoms with Gasteiger partial charge in [-0.3, -0.25) is 0 Å². The molecule has 0 saturated carbocycles. The van der Waals surface area contributed by atoms with Gasteiger partial charge in [-0.1, -0.05) is 32.9 Å². The van der Waals surface area contributed by atoms with Crippen molar-refractivity contribution in [3.05, 3.63) is 29.3 Å². The molecule has 0 spiro atoms. The smallest absolute Gasteiger partial charge is 0.122 e. The molecule has 19 heavy (non-hydrogen) atoms. The molecule has 0 bridgehead atoms. The molecule has 1 fully saturated rings. The molecule has 0 unspecified atom stereocenters. The highest BCUT2D eigenvalue weighted by Crippen LogP contribution is 2.40. The molecule has 1 saturated heterocycles. The van der Waals surface area contributed by atoms with Crippen LogP contribution in [0.5, 0.6) is 5.75 Å². The van der Waals surface area contributed by atoms with E-state index in [1.807, 2.05) is 6.07 Å². The Kier molecular flexibility index (Phi) is 3.56. The average molecular weight is 259 g/mol. The average Bonchev–Trinajstić information content (AvgIpc) is 2.32. The minimum absolute atomic E-state index is 0.0137. The summed E-state index contributed by atoms with van der Waals surface area (Å²) >= 11 is 0. The van der Waals surface area contributed by atoms with Crippen LogP contribution < -0.4 is 4.74 Å². The first-order chi connectivity index (χ1) is 8.93. The number of methoxy groups -OCH3 is 1. The topological polar surface area (TPSA) is 42.2 Å². The number of ether oxygens (including phenoxy) is 2. The van der Waals surface area contributed by atoms with E-state index in [1.165, 1.54) is 11.1 Å². The van der Waals surface area contributed by atoms with E-state index in [0.717, 1.165) is 5.75 Å². The van der Waals surface area contributed by atoms with Crippen LogP contribution in [-0.4, -0.2) is 20.3 Å². The molecule has 1 aromatic rings. The highest BCUT2D eigenvalue weighted by atomic mass is 16.5. The molecule has 1 aromatic carbocycles. The third-order valence-corrected chi connectivity index (χ3v) is 3.79. The van der Waals surface area contributed by atoms with Gasteiger partial charge in [-0.15, -0.1) is 0 Å². The minimum atomic E-state index is -0.124. The zero-order valence-corrected chi connectivity index (χ0v) is 12.1. The van der Waals surface area contributed by atoms with Crippen molar-refractivity contribution < 1.29 is 9.47 Å². The maximum atomic E-state index is 9.03. The first kappa shape index (κ1) is 13.9. The van der Waals surface area contributed by atoms with Crippen molar-refractivity contribution in [2.24, 2.45) is 0 Å². The van der Waals surface area contributed by atoms with Crippen LogP contribution in [0.25, 0.3) is 0 Å². The molecule has 3 nitrogen and oxygen atoms in total. The molecule has 1 aliphatic rings. The second kappa shape index (κ2) is 4.86. The number of rotatable bonds is 3. The predicted molar refractivity (Wildman–Crippen MR) is 74.4 cm³/mol. The molecule has 0 N–H and O–H groups in total. The van der Waals surface area contributed by atoms with Gasteiger partial charge in [-0.25, -0.2) is 0 Å². The molecule has 0 atom stereocenters. The Balaban J connectivity index is 2.46. The van der Waals surface area contributed by atoms with E-state index in [2.05, 4.69) is 39.0 Å². The normalized spacial score (nSPS) is 17.4. The standard InChI is InChI=1S/C16H21NO2/c1-15(2,3)13-9-12(5-6-14(13)18-4)16(7-8-17)10-19-11-16/h5-6,9H,7,10-11H2,1-4H3. The highest BCUT2D eigenvalue weighted by molar-refractivity contribution is 5.45. The van der Waals surface area contributed by atoms with Gasteiger partial charge in [-0.05, 0) is 22.6 Å². The molecule has 102 valence electrons. The number of nitriles is 1. The summed E-state index contributed by atoms with van der Waals surface area (Å²) in [4.78, 5) is 0. The second-order valence-corrected chi connectivity index (χ2v) is 6.27. The number of nitrogens with zero attached hydrogens (tertiary/aromatic N) is 1. The Labute approximate surface area is 115 Å². The lowest BCUT2D eigenvalue weighted by atomic mass is 9.74. The van der Waals surface area contributed by atoms with Gasteiger partial charge >= 0.3 is 0 Å². The molecular weight excluding hydrogens is 238 g/mol. The lowest BCUT2D eigenvalue weighted by Crippen LogP contribution is -2.46. The Morgan fingerprint density at radius 3 is 2.47 bits per heavy atom. The van der Waals surface area contributed by atoms with Gasteiger partial charge in [0.25, 0.3) is 0 Å². The molecule has 0 amide bonds. The van der Waals surface area contributed by atoms with Crippen LogP contribution in [0, 0.1) is 11.3 Å². The van der Waals surface area contributed by atoms with Crippen LogP contribution in [0.4, 0.5) is 0 Å². The van der Waals surface area contributed by atoms with Crippen molar-refractivity contribution in [1.29, 1.82) is 5.26 Å². The minimum Gasteiger partial charge on any atom is -0.496 e. The van der Waals surface area contributed by atoms with Gasteiger partial charge in [-0.2, -0.15) is 5.26 Å². The summed E-state index contributed by atoms with van der Waals surface area (Å²) in [6.45, 7) is 7.78. The van der Waals surface area contributed by atoms with E-state index in [9.17, 15) is 0 Å². The maximum absolute atomic E-state index is 9.03. The van der Waals surface area contributed by atoms with E-state index >= 15 is 0 Å². The Morgan fingerprint density at radius 2 is 2.05 bits per heavy atom. The molecule has 1 heterocycles. The number of benzene rings is 1. The first-order valence-corrected chi connectivity index (χ1v) is 6.57. The second-order valence-electron chi connectivity index (χ2n) is 6.27. The number of hydrogen-bond donors (Lipinski definition) is 0. The summed E-state index contributed by atoms with van der Waals surface area (Å²) < 4.78 is 10.8. The highest BCUT2D eigenvalue weighted by Gasteiger charge is 2.41. The lowest BCUT2D eigenvalue weighted by molar-refractivity contribution is -0.0577. The molecule has 3 heteroatoms. The van der Waals surface area contributed by atoms with Crippen molar-refractivity contribution in [2.75, 3.05) is 20.3 Å². The fraction of sp³-hybridized carbons (Fsp3) is 0.562. The Bertz CT molecular complexity index is 504. The zero-order chi connectivity index (χ0) is 14.1. The van der Waals surface area contributed by atoms with Gasteiger partial charge in [0, 0.05) is 6.42 Å². The van der Waals surface area contributed by atoms with Gasteiger partial charge in [0.15, 0.2) is 0 Å². The van der Waals surface area contributed by atoms with Crippen molar-refractivity contribution in [3.8, 4) is 11.8 Å². The number of hydrogen-bond acceptors (Lipinski definition) is 3. The Hall–Kier alpha value is -1.53. The van der Waals surface area contributed by atoms with Crippen LogP contribution in [0.2, 0.25) is 0 Å². The summed E-state index contributed by atoms with van der Waals surface area (Å²) in [5.41, 5.74) is 2.25. The van der Waals surface area contributed by atoms with Crippen LogP contribution in [0.15, 0.2) is 18.2 Å². The third-order valence-electron chi connectivity index (χ3n) is 3.79. The molecular formula is C16H21NO2. The van der Waals surface area contributed by atoms with Crippen LogP contribution >= 0.6 is 0 Å². The van der Waals surface area contributed by atoms with Crippen molar-refractivity contribution >= 4 is 0 Å². The molecule has 0 aromatic heterocycles. The molecule has 0 aliphatic carbocycles. The Morgan fingerprint density at radius 1 is 1.37 bits per heavy atom. The predicted octanol–water partition coefficient (Wildman–Crippen LogP) is 3.17. The lowest BCUT2D eigenvalue weighted by Gasteiger charge is -2.41. The summed E-state index contributed by atoms with van der Waals surface area (Å²) in [6, 6.07) is 8.53. The molecule has 2 rings (SSSR count). The van der Waals surface area contributed by atoms with Gasteiger partial charge < -0.3 is 9.47 Å². The third kappa shape index (κ3) is 2.46. The summed E-state index contributed by atoms with van der Waals surface area (Å²) in [6.07, 6.45) is 0.503. The summed E-state index contributed by atoms with van der Waals surface area (Å²) in [5, 5.41) is 9.03. The van der Waals surface area contributed by atoms with Crippen molar-refractivity contribution in [2.45, 2.75) is 38.0 Å². The quantitative estimate of drug-likeness (QED) is 0.837. The largest absolute Gasteiger partial charge is 0.496 e. The van der Waals surface area contributed by atoms with Gasteiger partial charge in [0.05, 0.1) is 31.8 Å². The van der Waals surface area contributed by atoms with E-state index in [1.54, 1.807) is 7.11 Å². The fourth-order valence-corrected chi connectivity index (χ4v) is 2.49. The summed E-state index contributed by atoms with van der Waals surface area (Å²) in [7, 11) is 1.70. The fourth-order valence-electron chi connectivity index (χ4n) is 2.49. The van der Waals surface area contributed by atoms with Crippen molar-refractivity contribution in [1.82, 2.24) is 0 Å². The maximum Gasteiger partial charge on any atom is 0.122 e. The van der Waals surface area contributed by atoms with E-state index in [-0.39, 0.29) is 10.8 Å². The zero-order valence-electron chi connectivity index (χ0n) is 12.1. The monoisotopic (exact) mass is 259 g/mol. The van der Waals surface area contributed by atoms with Gasteiger partial charge in [0.1, 0.15) is 5.75 Å². The van der Waals surface area contributed by atoms with Gasteiger partial charge in [0.2, 0.25) is 0 Å².